The van der Waals surface area contributed by atoms with E-state index in [2.05, 4.69) is 15.5 Å². The smallest absolute Gasteiger partial charge is 0.249 e. The molecule has 1 atom stereocenters. The zero-order chi connectivity index (χ0) is 15.6. The van der Waals surface area contributed by atoms with E-state index in [1.54, 1.807) is 13.0 Å². The van der Waals surface area contributed by atoms with Crippen molar-refractivity contribution in [2.75, 3.05) is 0 Å². The fraction of sp³-hybridized carbons (Fsp3) is 0.400. The molecule has 5 nitrogen and oxygen atoms in total. The Hall–Kier alpha value is -1.88. The monoisotopic (exact) mass is 307 g/mol. The predicted octanol–water partition coefficient (Wildman–Crippen LogP) is 3.61. The van der Waals surface area contributed by atoms with Crippen molar-refractivity contribution in [1.82, 2.24) is 15.5 Å². The third kappa shape index (κ3) is 3.61. The number of carbonyl (C=O) groups excluding carboxylic acids is 1. The van der Waals surface area contributed by atoms with Gasteiger partial charge >= 0.3 is 0 Å². The van der Waals surface area contributed by atoms with Crippen LogP contribution in [0.1, 0.15) is 39.6 Å². The van der Waals surface area contributed by atoms with E-state index in [-0.39, 0.29) is 11.9 Å². The van der Waals surface area contributed by atoms with Crippen LogP contribution in [0.2, 0.25) is 5.02 Å². The van der Waals surface area contributed by atoms with Crippen LogP contribution in [-0.2, 0) is 4.79 Å². The van der Waals surface area contributed by atoms with Crippen LogP contribution in [0.4, 0.5) is 0 Å². The summed E-state index contributed by atoms with van der Waals surface area (Å²) in [5.74, 6) is 0.683. The van der Waals surface area contributed by atoms with Gasteiger partial charge in [0.05, 0.1) is 5.02 Å². The minimum Gasteiger partial charge on any atom is -0.344 e. The molecule has 1 N–H and O–H groups in total. The van der Waals surface area contributed by atoms with Gasteiger partial charge in [0, 0.05) is 11.0 Å². The molecule has 0 aliphatic carbocycles. The van der Waals surface area contributed by atoms with E-state index in [4.69, 9.17) is 16.1 Å². The third-order valence-corrected chi connectivity index (χ3v) is 3.29. The van der Waals surface area contributed by atoms with Crippen molar-refractivity contribution in [3.8, 4) is 11.4 Å². The third-order valence-electron chi connectivity index (χ3n) is 2.96. The summed E-state index contributed by atoms with van der Waals surface area (Å²) in [6, 6.07) is 6.90. The van der Waals surface area contributed by atoms with Crippen LogP contribution in [0, 0.1) is 5.41 Å². The summed E-state index contributed by atoms with van der Waals surface area (Å²) in [4.78, 5) is 16.3. The number of amides is 1. The number of halogens is 1. The SMILES string of the molecule is CC(NC(=O)C(C)(C)C)c1nc(-c2ccccc2Cl)no1. The quantitative estimate of drug-likeness (QED) is 0.940. The summed E-state index contributed by atoms with van der Waals surface area (Å²) in [6.07, 6.45) is 0. The second-order valence-corrected chi connectivity index (χ2v) is 6.29. The van der Waals surface area contributed by atoms with Gasteiger partial charge in [-0.25, -0.2) is 0 Å². The van der Waals surface area contributed by atoms with Gasteiger partial charge in [-0.15, -0.1) is 0 Å². The Morgan fingerprint density at radius 3 is 2.62 bits per heavy atom. The van der Waals surface area contributed by atoms with Gasteiger partial charge in [0.2, 0.25) is 17.6 Å². The lowest BCUT2D eigenvalue weighted by molar-refractivity contribution is -0.129. The zero-order valence-electron chi connectivity index (χ0n) is 12.5. The number of benzene rings is 1. The molecule has 0 bridgehead atoms. The number of hydrogen-bond donors (Lipinski definition) is 1. The van der Waals surface area contributed by atoms with Gasteiger partial charge in [-0.05, 0) is 19.1 Å². The average Bonchev–Trinajstić information content (AvgIpc) is 2.87. The first-order valence-electron chi connectivity index (χ1n) is 6.68. The predicted molar refractivity (Wildman–Crippen MR) is 80.8 cm³/mol. The van der Waals surface area contributed by atoms with Crippen LogP contribution in [-0.4, -0.2) is 16.0 Å². The highest BCUT2D eigenvalue weighted by Gasteiger charge is 2.25. The second kappa shape index (κ2) is 5.85. The summed E-state index contributed by atoms with van der Waals surface area (Å²) in [5, 5.41) is 7.32. The lowest BCUT2D eigenvalue weighted by atomic mass is 9.95. The van der Waals surface area contributed by atoms with Gasteiger partial charge in [0.25, 0.3) is 0 Å². The molecule has 0 aliphatic rings. The first-order valence-corrected chi connectivity index (χ1v) is 7.06. The van der Waals surface area contributed by atoms with Crippen LogP contribution in [0.15, 0.2) is 28.8 Å². The molecular formula is C15H18ClN3O2. The van der Waals surface area contributed by atoms with Crippen molar-refractivity contribution in [1.29, 1.82) is 0 Å². The largest absolute Gasteiger partial charge is 0.344 e. The standard InChI is InChI=1S/C15H18ClN3O2/c1-9(17-14(20)15(2,3)4)13-18-12(19-21-13)10-7-5-6-8-11(10)16/h5-9H,1-4H3,(H,17,20). The van der Waals surface area contributed by atoms with Gasteiger partial charge in [-0.3, -0.25) is 4.79 Å². The van der Waals surface area contributed by atoms with Gasteiger partial charge in [0.1, 0.15) is 6.04 Å². The Morgan fingerprint density at radius 1 is 1.33 bits per heavy atom. The fourth-order valence-electron chi connectivity index (χ4n) is 1.64. The molecule has 0 aliphatic heterocycles. The van der Waals surface area contributed by atoms with Gasteiger partial charge < -0.3 is 9.84 Å². The van der Waals surface area contributed by atoms with E-state index >= 15 is 0 Å². The number of rotatable bonds is 3. The molecule has 1 amide bonds. The lowest BCUT2D eigenvalue weighted by Crippen LogP contribution is -2.36. The van der Waals surface area contributed by atoms with Gasteiger partial charge in [0.15, 0.2) is 0 Å². The van der Waals surface area contributed by atoms with Crippen molar-refractivity contribution in [2.24, 2.45) is 5.41 Å². The minimum absolute atomic E-state index is 0.0764. The molecule has 0 radical (unpaired) electrons. The van der Waals surface area contributed by atoms with Crippen LogP contribution in [0.3, 0.4) is 0 Å². The van der Waals surface area contributed by atoms with Crippen molar-refractivity contribution in [3.63, 3.8) is 0 Å². The van der Waals surface area contributed by atoms with Crippen LogP contribution in [0.25, 0.3) is 11.4 Å². The highest BCUT2D eigenvalue weighted by atomic mass is 35.5. The normalized spacial score (nSPS) is 13.0. The molecule has 1 unspecified atom stereocenters. The Labute approximate surface area is 128 Å². The van der Waals surface area contributed by atoms with E-state index in [1.165, 1.54) is 0 Å². The summed E-state index contributed by atoms with van der Waals surface area (Å²) in [7, 11) is 0. The summed E-state index contributed by atoms with van der Waals surface area (Å²) in [6.45, 7) is 7.33. The first-order chi connectivity index (χ1) is 9.79. The molecule has 1 aromatic carbocycles. The zero-order valence-corrected chi connectivity index (χ0v) is 13.2. The van der Waals surface area contributed by atoms with E-state index in [1.807, 2.05) is 39.0 Å². The Balaban J connectivity index is 2.17. The number of carbonyl (C=O) groups is 1. The van der Waals surface area contributed by atoms with Crippen LogP contribution in [0.5, 0.6) is 0 Å². The number of aromatic nitrogens is 2. The minimum atomic E-state index is -0.472. The van der Waals surface area contributed by atoms with Gasteiger partial charge in [-0.2, -0.15) is 4.98 Å². The number of nitrogens with one attached hydrogen (secondary N) is 1. The Bertz CT molecular complexity index is 646. The Kier molecular flexibility index (Phi) is 4.32. The maximum absolute atomic E-state index is 12.0. The summed E-state index contributed by atoms with van der Waals surface area (Å²) in [5.41, 5.74) is 0.225. The summed E-state index contributed by atoms with van der Waals surface area (Å²) >= 11 is 6.10. The molecule has 0 saturated carbocycles. The molecular weight excluding hydrogens is 290 g/mol. The van der Waals surface area contributed by atoms with Crippen LogP contribution < -0.4 is 5.32 Å². The Morgan fingerprint density at radius 2 is 2.00 bits per heavy atom. The summed E-state index contributed by atoms with van der Waals surface area (Å²) < 4.78 is 5.21. The van der Waals surface area contributed by atoms with E-state index in [0.29, 0.717) is 22.3 Å². The second-order valence-electron chi connectivity index (χ2n) is 5.88. The molecule has 2 rings (SSSR count). The van der Waals surface area contributed by atoms with E-state index in [0.717, 1.165) is 0 Å². The maximum atomic E-state index is 12.0. The molecule has 6 heteroatoms. The number of nitrogens with zero attached hydrogens (tertiary/aromatic N) is 2. The van der Waals surface area contributed by atoms with Crippen molar-refractivity contribution in [3.05, 3.63) is 35.2 Å². The number of hydrogen-bond acceptors (Lipinski definition) is 4. The van der Waals surface area contributed by atoms with Crippen molar-refractivity contribution in [2.45, 2.75) is 33.7 Å². The topological polar surface area (TPSA) is 68.0 Å². The van der Waals surface area contributed by atoms with Crippen molar-refractivity contribution >= 4 is 17.5 Å². The van der Waals surface area contributed by atoms with Gasteiger partial charge in [-0.1, -0.05) is 49.7 Å². The molecule has 0 spiro atoms. The molecule has 0 saturated heterocycles. The van der Waals surface area contributed by atoms with E-state index < -0.39 is 5.41 Å². The molecule has 21 heavy (non-hydrogen) atoms. The molecule has 0 fully saturated rings. The molecule has 112 valence electrons. The molecule has 1 heterocycles. The highest BCUT2D eigenvalue weighted by molar-refractivity contribution is 6.33. The van der Waals surface area contributed by atoms with Crippen LogP contribution >= 0.6 is 11.6 Å². The highest BCUT2D eigenvalue weighted by Crippen LogP contribution is 2.26. The van der Waals surface area contributed by atoms with Crippen molar-refractivity contribution < 1.29 is 9.32 Å². The maximum Gasteiger partial charge on any atom is 0.249 e. The molecule has 2 aromatic rings. The average molecular weight is 308 g/mol. The first kappa shape index (κ1) is 15.5. The fourth-order valence-corrected chi connectivity index (χ4v) is 1.86. The lowest BCUT2D eigenvalue weighted by Gasteiger charge is -2.19. The van der Waals surface area contributed by atoms with E-state index in [9.17, 15) is 4.79 Å². The molecule has 1 aromatic heterocycles.